The van der Waals surface area contributed by atoms with Gasteiger partial charge in [0.05, 0.1) is 13.1 Å². The predicted octanol–water partition coefficient (Wildman–Crippen LogP) is 1.88. The summed E-state index contributed by atoms with van der Waals surface area (Å²) in [5.41, 5.74) is 1.15. The van der Waals surface area contributed by atoms with Gasteiger partial charge < -0.3 is 10.2 Å². The van der Waals surface area contributed by atoms with E-state index in [9.17, 15) is 9.59 Å². The average Bonchev–Trinajstić information content (AvgIpc) is 2.97. The summed E-state index contributed by atoms with van der Waals surface area (Å²) in [6.45, 7) is 1.42. The first kappa shape index (κ1) is 15.3. The molecule has 1 aliphatic heterocycles. The molecule has 120 valence electrons. The van der Waals surface area contributed by atoms with Crippen molar-refractivity contribution in [2.24, 2.45) is 0 Å². The van der Waals surface area contributed by atoms with Gasteiger partial charge in [0.2, 0.25) is 11.8 Å². The summed E-state index contributed by atoms with van der Waals surface area (Å²) in [6, 6.07) is 11.8. The third-order valence-corrected chi connectivity index (χ3v) is 3.85. The summed E-state index contributed by atoms with van der Waals surface area (Å²) in [5, 5.41) is 7.09. The minimum Gasteiger partial charge on any atom is -0.333 e. The Hall–Kier alpha value is -2.63. The molecule has 2 amide bonds. The molecular formula is C17H20N4O2. The molecule has 0 unspecified atom stereocenters. The number of anilines is 1. The molecule has 1 fully saturated rings. The number of nitrogens with one attached hydrogen (secondary N) is 1. The van der Waals surface area contributed by atoms with Gasteiger partial charge in [0, 0.05) is 25.2 Å². The Morgan fingerprint density at radius 2 is 2.00 bits per heavy atom. The summed E-state index contributed by atoms with van der Waals surface area (Å²) >= 11 is 0. The third-order valence-electron chi connectivity index (χ3n) is 3.85. The van der Waals surface area contributed by atoms with Gasteiger partial charge in [0.15, 0.2) is 5.82 Å². The average molecular weight is 312 g/mol. The van der Waals surface area contributed by atoms with Gasteiger partial charge in [-0.3, -0.25) is 14.3 Å². The molecule has 2 heterocycles. The zero-order valence-electron chi connectivity index (χ0n) is 12.9. The lowest BCUT2D eigenvalue weighted by Gasteiger charge is -2.25. The fraction of sp³-hybridized carbons (Fsp3) is 0.353. The molecule has 1 aliphatic rings. The second-order valence-corrected chi connectivity index (χ2v) is 5.70. The van der Waals surface area contributed by atoms with Crippen molar-refractivity contribution in [3.8, 4) is 0 Å². The quantitative estimate of drug-likeness (QED) is 0.916. The van der Waals surface area contributed by atoms with Gasteiger partial charge in [-0.25, -0.2) is 0 Å². The number of likely N-dealkylation sites (tertiary alicyclic amines) is 1. The van der Waals surface area contributed by atoms with E-state index in [0.29, 0.717) is 25.3 Å². The molecular weight excluding hydrogens is 292 g/mol. The van der Waals surface area contributed by atoms with Crippen LogP contribution in [0, 0.1) is 0 Å². The number of benzene rings is 1. The maximum Gasteiger partial charge on any atom is 0.245 e. The van der Waals surface area contributed by atoms with Crippen molar-refractivity contribution in [2.75, 3.05) is 18.4 Å². The largest absolute Gasteiger partial charge is 0.333 e. The maximum absolute atomic E-state index is 12.0. The topological polar surface area (TPSA) is 67.2 Å². The van der Waals surface area contributed by atoms with Crippen LogP contribution in [0.15, 0.2) is 42.6 Å². The standard InChI is InChI=1S/C17H20N4O2/c22-16(13-20-10-5-4-8-17(20)23)18-15-9-11-21(19-15)12-14-6-2-1-3-7-14/h1-3,6-7,9,11H,4-5,8,10,12-13H2,(H,18,19,22). The number of nitrogens with zero attached hydrogens (tertiary/aromatic N) is 3. The lowest BCUT2D eigenvalue weighted by molar-refractivity contribution is -0.136. The summed E-state index contributed by atoms with van der Waals surface area (Å²) in [6.07, 6.45) is 4.25. The highest BCUT2D eigenvalue weighted by Crippen LogP contribution is 2.11. The second-order valence-electron chi connectivity index (χ2n) is 5.70. The molecule has 1 saturated heterocycles. The van der Waals surface area contributed by atoms with Crippen LogP contribution in [0.3, 0.4) is 0 Å². The second kappa shape index (κ2) is 7.09. The number of carbonyl (C=O) groups is 2. The van der Waals surface area contributed by atoms with Crippen molar-refractivity contribution in [2.45, 2.75) is 25.8 Å². The maximum atomic E-state index is 12.0. The van der Waals surface area contributed by atoms with E-state index in [1.54, 1.807) is 15.6 Å². The minimum atomic E-state index is -0.204. The molecule has 3 rings (SSSR count). The Kier molecular flexibility index (Phi) is 4.71. The zero-order valence-corrected chi connectivity index (χ0v) is 12.9. The SMILES string of the molecule is O=C(CN1CCCCC1=O)Nc1ccn(Cc2ccccc2)n1. The number of rotatable bonds is 5. The molecule has 1 aromatic heterocycles. The summed E-state index contributed by atoms with van der Waals surface area (Å²) in [7, 11) is 0. The lowest BCUT2D eigenvalue weighted by atomic mass is 10.1. The monoisotopic (exact) mass is 312 g/mol. The van der Waals surface area contributed by atoms with Crippen molar-refractivity contribution in [1.29, 1.82) is 0 Å². The summed E-state index contributed by atoms with van der Waals surface area (Å²) in [5.74, 6) is 0.363. The molecule has 0 spiro atoms. The van der Waals surface area contributed by atoms with Gasteiger partial charge in [-0.15, -0.1) is 0 Å². The van der Waals surface area contributed by atoms with Crippen LogP contribution in [0.25, 0.3) is 0 Å². The van der Waals surface area contributed by atoms with Gasteiger partial charge >= 0.3 is 0 Å². The molecule has 0 aliphatic carbocycles. The highest BCUT2D eigenvalue weighted by Gasteiger charge is 2.20. The van der Waals surface area contributed by atoms with E-state index < -0.39 is 0 Å². The minimum absolute atomic E-state index is 0.0565. The highest BCUT2D eigenvalue weighted by molar-refractivity contribution is 5.93. The van der Waals surface area contributed by atoms with E-state index in [1.807, 2.05) is 36.5 Å². The van der Waals surface area contributed by atoms with Crippen LogP contribution < -0.4 is 5.32 Å². The first-order valence-corrected chi connectivity index (χ1v) is 7.86. The fourth-order valence-electron chi connectivity index (χ4n) is 2.67. The summed E-state index contributed by atoms with van der Waals surface area (Å²) in [4.78, 5) is 25.4. The molecule has 0 saturated carbocycles. The highest BCUT2D eigenvalue weighted by atomic mass is 16.2. The molecule has 1 aromatic carbocycles. The number of carbonyl (C=O) groups excluding carboxylic acids is 2. The van der Waals surface area contributed by atoms with Crippen molar-refractivity contribution in [1.82, 2.24) is 14.7 Å². The summed E-state index contributed by atoms with van der Waals surface area (Å²) < 4.78 is 1.77. The van der Waals surface area contributed by atoms with Crippen LogP contribution in [0.5, 0.6) is 0 Å². The molecule has 0 atom stereocenters. The van der Waals surface area contributed by atoms with Crippen molar-refractivity contribution >= 4 is 17.6 Å². The predicted molar refractivity (Wildman–Crippen MR) is 86.8 cm³/mol. The van der Waals surface area contributed by atoms with Crippen LogP contribution in [0.2, 0.25) is 0 Å². The normalized spacial score (nSPS) is 14.8. The van der Waals surface area contributed by atoms with E-state index in [0.717, 1.165) is 18.4 Å². The van der Waals surface area contributed by atoms with Gasteiger partial charge in [-0.1, -0.05) is 30.3 Å². The Balaban J connectivity index is 1.54. The molecule has 1 N–H and O–H groups in total. The van der Waals surface area contributed by atoms with Crippen LogP contribution in [-0.2, 0) is 16.1 Å². The number of hydrogen-bond acceptors (Lipinski definition) is 3. The molecule has 0 bridgehead atoms. The third kappa shape index (κ3) is 4.18. The molecule has 23 heavy (non-hydrogen) atoms. The molecule has 2 aromatic rings. The van der Waals surface area contributed by atoms with Crippen molar-refractivity contribution < 1.29 is 9.59 Å². The van der Waals surface area contributed by atoms with Crippen LogP contribution in [-0.4, -0.2) is 39.6 Å². The van der Waals surface area contributed by atoms with Gasteiger partial charge in [-0.05, 0) is 18.4 Å². The fourth-order valence-corrected chi connectivity index (χ4v) is 2.67. The molecule has 0 radical (unpaired) electrons. The number of hydrogen-bond donors (Lipinski definition) is 1. The van der Waals surface area contributed by atoms with Gasteiger partial charge in [0.1, 0.15) is 0 Å². The number of piperidine rings is 1. The van der Waals surface area contributed by atoms with E-state index in [4.69, 9.17) is 0 Å². The first-order chi connectivity index (χ1) is 11.2. The van der Waals surface area contributed by atoms with E-state index in [2.05, 4.69) is 10.4 Å². The van der Waals surface area contributed by atoms with Crippen LogP contribution >= 0.6 is 0 Å². The number of aromatic nitrogens is 2. The van der Waals surface area contributed by atoms with Gasteiger partial charge in [-0.2, -0.15) is 5.10 Å². The Labute approximate surface area is 135 Å². The zero-order chi connectivity index (χ0) is 16.1. The first-order valence-electron chi connectivity index (χ1n) is 7.86. The van der Waals surface area contributed by atoms with Gasteiger partial charge in [0.25, 0.3) is 0 Å². The van der Waals surface area contributed by atoms with Crippen molar-refractivity contribution in [3.63, 3.8) is 0 Å². The van der Waals surface area contributed by atoms with Crippen LogP contribution in [0.1, 0.15) is 24.8 Å². The smallest absolute Gasteiger partial charge is 0.245 e. The van der Waals surface area contributed by atoms with E-state index in [1.165, 1.54) is 0 Å². The number of amides is 2. The van der Waals surface area contributed by atoms with Crippen molar-refractivity contribution in [3.05, 3.63) is 48.2 Å². The Morgan fingerprint density at radius 1 is 1.17 bits per heavy atom. The van der Waals surface area contributed by atoms with E-state index in [-0.39, 0.29) is 18.4 Å². The Bertz CT molecular complexity index is 681. The van der Waals surface area contributed by atoms with Crippen LogP contribution in [0.4, 0.5) is 5.82 Å². The molecule has 6 nitrogen and oxygen atoms in total. The molecule has 6 heteroatoms. The van der Waals surface area contributed by atoms with E-state index >= 15 is 0 Å². The Morgan fingerprint density at radius 3 is 2.78 bits per heavy atom. The lowest BCUT2D eigenvalue weighted by Crippen LogP contribution is -2.40.